The summed E-state index contributed by atoms with van der Waals surface area (Å²) in [6.45, 7) is 4.45. The SMILES string of the molecule is COc1ccc2c(c1)[I-]C(C)(C)c1c(N)ncnc1-2. The topological polar surface area (TPSA) is 61.0 Å². The zero-order valence-electron chi connectivity index (χ0n) is 11.1. The first kappa shape index (κ1) is 12.7. The van der Waals surface area contributed by atoms with Crippen molar-refractivity contribution in [1.82, 2.24) is 9.97 Å². The number of rotatable bonds is 1. The van der Waals surface area contributed by atoms with Crippen molar-refractivity contribution in [1.29, 1.82) is 0 Å². The number of benzene rings is 1. The third-order valence-corrected chi connectivity index (χ3v) is 6.60. The molecule has 5 heteroatoms. The van der Waals surface area contributed by atoms with Gasteiger partial charge in [0.05, 0.1) is 0 Å². The fourth-order valence-corrected chi connectivity index (χ4v) is 5.83. The van der Waals surface area contributed by atoms with Gasteiger partial charge in [0.2, 0.25) is 0 Å². The Hall–Kier alpha value is -1.37. The van der Waals surface area contributed by atoms with E-state index in [1.54, 1.807) is 13.4 Å². The van der Waals surface area contributed by atoms with Gasteiger partial charge in [-0.1, -0.05) is 0 Å². The maximum absolute atomic E-state index is 6.07. The minimum absolute atomic E-state index is 0.0406. The van der Waals surface area contributed by atoms with Gasteiger partial charge >= 0.3 is 123 Å². The summed E-state index contributed by atoms with van der Waals surface area (Å²) in [7, 11) is 1.70. The molecule has 0 spiro atoms. The van der Waals surface area contributed by atoms with Crippen LogP contribution in [0.15, 0.2) is 24.5 Å². The van der Waals surface area contributed by atoms with E-state index in [9.17, 15) is 0 Å². The summed E-state index contributed by atoms with van der Waals surface area (Å²) >= 11 is -0.220. The van der Waals surface area contributed by atoms with Crippen molar-refractivity contribution in [3.8, 4) is 17.0 Å². The van der Waals surface area contributed by atoms with Crippen molar-refractivity contribution < 1.29 is 25.9 Å². The van der Waals surface area contributed by atoms with Gasteiger partial charge in [0.25, 0.3) is 0 Å². The molecule has 0 saturated heterocycles. The van der Waals surface area contributed by atoms with E-state index < -0.39 is 0 Å². The van der Waals surface area contributed by atoms with Gasteiger partial charge in [-0.25, -0.2) is 0 Å². The number of anilines is 1. The Balaban J connectivity index is 2.29. The van der Waals surface area contributed by atoms with Gasteiger partial charge in [-0.3, -0.25) is 0 Å². The fourth-order valence-electron chi connectivity index (χ4n) is 2.38. The monoisotopic (exact) mass is 368 g/mol. The summed E-state index contributed by atoms with van der Waals surface area (Å²) in [4.78, 5) is 8.61. The van der Waals surface area contributed by atoms with Crippen molar-refractivity contribution in [2.24, 2.45) is 0 Å². The molecule has 0 radical (unpaired) electrons. The van der Waals surface area contributed by atoms with E-state index in [4.69, 9.17) is 10.5 Å². The molecule has 2 aromatic rings. The molecule has 19 heavy (non-hydrogen) atoms. The van der Waals surface area contributed by atoms with E-state index in [0.29, 0.717) is 5.82 Å². The molecular weight excluding hydrogens is 353 g/mol. The maximum atomic E-state index is 6.07. The van der Waals surface area contributed by atoms with Gasteiger partial charge in [0.1, 0.15) is 0 Å². The second kappa shape index (κ2) is 4.33. The molecule has 2 N–H and O–H groups in total. The van der Waals surface area contributed by atoms with Crippen molar-refractivity contribution in [3.63, 3.8) is 0 Å². The van der Waals surface area contributed by atoms with Crippen molar-refractivity contribution >= 4 is 5.82 Å². The van der Waals surface area contributed by atoms with E-state index in [-0.39, 0.29) is 24.6 Å². The number of halogens is 1. The summed E-state index contributed by atoms with van der Waals surface area (Å²) in [5.41, 5.74) is 9.32. The summed E-state index contributed by atoms with van der Waals surface area (Å²) in [5, 5.41) is 0. The Kier molecular flexibility index (Phi) is 2.88. The van der Waals surface area contributed by atoms with Gasteiger partial charge in [-0.2, -0.15) is 0 Å². The predicted molar refractivity (Wildman–Crippen MR) is 70.2 cm³/mol. The molecule has 2 heterocycles. The van der Waals surface area contributed by atoms with E-state index in [1.807, 2.05) is 6.07 Å². The molecule has 1 aromatic carbocycles. The number of hydrogen-bond donors (Lipinski definition) is 1. The fraction of sp³-hybridized carbons (Fsp3) is 0.286. The molecule has 0 unspecified atom stereocenters. The number of methoxy groups -OCH3 is 1. The Labute approximate surface area is 122 Å². The van der Waals surface area contributed by atoms with E-state index >= 15 is 0 Å². The Morgan fingerprint density at radius 3 is 2.79 bits per heavy atom. The van der Waals surface area contributed by atoms with Crippen molar-refractivity contribution in [3.05, 3.63) is 33.7 Å². The van der Waals surface area contributed by atoms with Gasteiger partial charge in [0, 0.05) is 0 Å². The standard InChI is InChI=1S/C14H15IN3O/c1-14(2)11-12(17-7-18-13(11)16)9-5-4-8(19-3)6-10(9)15-14/h4-7H,1-3H3,(H2,16,17,18)/q-1. The van der Waals surface area contributed by atoms with Crippen LogP contribution in [0.5, 0.6) is 5.75 Å². The molecule has 3 rings (SSSR count). The number of nitrogens with two attached hydrogens (primary N) is 1. The van der Waals surface area contributed by atoms with Crippen LogP contribution < -0.4 is 31.7 Å². The van der Waals surface area contributed by atoms with E-state index in [1.165, 1.54) is 9.13 Å². The first-order chi connectivity index (χ1) is 9.03. The molecule has 100 valence electrons. The second-order valence-electron chi connectivity index (χ2n) is 4.90. The van der Waals surface area contributed by atoms with Crippen molar-refractivity contribution in [2.75, 3.05) is 12.8 Å². The van der Waals surface area contributed by atoms with Crippen LogP contribution >= 0.6 is 0 Å². The summed E-state index contributed by atoms with van der Waals surface area (Å²) in [6, 6.07) is 6.18. The molecule has 0 atom stereocenters. The van der Waals surface area contributed by atoms with Crippen LogP contribution in [0.25, 0.3) is 11.3 Å². The summed E-state index contributed by atoms with van der Waals surface area (Å²) in [5.74, 6) is 1.51. The number of nitrogens with zero attached hydrogens (tertiary/aromatic N) is 2. The van der Waals surface area contributed by atoms with Crippen LogP contribution in [0.1, 0.15) is 19.4 Å². The Morgan fingerprint density at radius 2 is 2.05 bits per heavy atom. The van der Waals surface area contributed by atoms with Gasteiger partial charge in [-0.15, -0.1) is 0 Å². The normalized spacial score (nSPS) is 15.9. The molecule has 0 fully saturated rings. The zero-order valence-corrected chi connectivity index (χ0v) is 13.2. The average Bonchev–Trinajstić information content (AvgIpc) is 2.37. The summed E-state index contributed by atoms with van der Waals surface area (Å²) in [6.07, 6.45) is 1.54. The van der Waals surface area contributed by atoms with Gasteiger partial charge in [-0.05, 0) is 0 Å². The van der Waals surface area contributed by atoms with Crippen LogP contribution in [-0.2, 0) is 3.42 Å². The molecule has 0 saturated carbocycles. The molecule has 1 aromatic heterocycles. The Bertz CT molecular complexity index is 655. The molecule has 4 nitrogen and oxygen atoms in total. The second-order valence-corrected chi connectivity index (χ2v) is 9.29. The predicted octanol–water partition coefficient (Wildman–Crippen LogP) is -0.758. The zero-order chi connectivity index (χ0) is 13.6. The number of hydrogen-bond acceptors (Lipinski definition) is 4. The molecule has 0 aliphatic carbocycles. The van der Waals surface area contributed by atoms with Crippen LogP contribution in [0.4, 0.5) is 5.82 Å². The molecule has 1 aliphatic rings. The van der Waals surface area contributed by atoms with E-state index in [2.05, 4.69) is 35.9 Å². The number of aromatic nitrogens is 2. The molecule has 0 amide bonds. The van der Waals surface area contributed by atoms with Gasteiger partial charge < -0.3 is 0 Å². The number of ether oxygens (including phenoxy) is 1. The van der Waals surface area contributed by atoms with Crippen LogP contribution in [0.2, 0.25) is 0 Å². The number of alkyl halides is 1. The first-order valence-corrected chi connectivity index (χ1v) is 8.14. The van der Waals surface area contributed by atoms with Crippen LogP contribution in [-0.4, -0.2) is 17.1 Å². The quantitative estimate of drug-likeness (QED) is 0.531. The van der Waals surface area contributed by atoms with Crippen LogP contribution in [0.3, 0.4) is 0 Å². The first-order valence-electron chi connectivity index (χ1n) is 5.98. The molecule has 0 bridgehead atoms. The Morgan fingerprint density at radius 1 is 1.26 bits per heavy atom. The van der Waals surface area contributed by atoms with Crippen molar-refractivity contribution in [2.45, 2.75) is 17.3 Å². The number of nitrogen functional groups attached to an aromatic ring is 1. The summed E-state index contributed by atoms with van der Waals surface area (Å²) < 4.78 is 6.72. The third kappa shape index (κ3) is 1.96. The average molecular weight is 368 g/mol. The molecule has 1 aliphatic heterocycles. The third-order valence-electron chi connectivity index (χ3n) is 3.24. The van der Waals surface area contributed by atoms with Crippen LogP contribution in [0, 0.1) is 3.57 Å². The van der Waals surface area contributed by atoms with Gasteiger partial charge in [0.15, 0.2) is 0 Å². The minimum atomic E-state index is -0.220. The van der Waals surface area contributed by atoms with E-state index in [0.717, 1.165) is 17.0 Å². The molecular formula is C14H15IN3O-. The number of fused-ring (bicyclic) bond motifs is 3.